The van der Waals surface area contributed by atoms with Crippen LogP contribution in [0.2, 0.25) is 0 Å². The lowest BCUT2D eigenvalue weighted by Crippen LogP contribution is -2.36. The van der Waals surface area contributed by atoms with E-state index in [1.807, 2.05) is 38.1 Å². The van der Waals surface area contributed by atoms with Crippen molar-refractivity contribution in [1.82, 2.24) is 0 Å². The molecule has 0 amide bonds. The van der Waals surface area contributed by atoms with Crippen molar-refractivity contribution in [1.29, 1.82) is 0 Å². The van der Waals surface area contributed by atoms with E-state index in [0.717, 1.165) is 16.9 Å². The largest absolute Gasteiger partial charge is 0.497 e. The van der Waals surface area contributed by atoms with Crippen molar-refractivity contribution in [3.8, 4) is 5.75 Å². The molecule has 0 aliphatic rings. The highest BCUT2D eigenvalue weighted by atomic mass is 16.7. The minimum Gasteiger partial charge on any atom is -0.497 e. The molecular formula is C20H32O5. The summed E-state index contributed by atoms with van der Waals surface area (Å²) < 4.78 is 21.6. The first-order chi connectivity index (χ1) is 11.9. The van der Waals surface area contributed by atoms with Gasteiger partial charge < -0.3 is 24.1 Å². The van der Waals surface area contributed by atoms with Crippen molar-refractivity contribution < 1.29 is 24.1 Å². The second kappa shape index (κ2) is 11.3. The van der Waals surface area contributed by atoms with E-state index in [1.165, 1.54) is 0 Å². The summed E-state index contributed by atoms with van der Waals surface area (Å²) in [5.74, 6) is 0.757. The summed E-state index contributed by atoms with van der Waals surface area (Å²) in [7, 11) is 3.27. The molecule has 5 heteroatoms. The Bertz CT molecular complexity index is 499. The molecule has 0 saturated carbocycles. The van der Waals surface area contributed by atoms with Gasteiger partial charge in [0.1, 0.15) is 12.5 Å². The molecule has 0 aliphatic carbocycles. The minimum absolute atomic E-state index is 0.0703. The summed E-state index contributed by atoms with van der Waals surface area (Å²) in [5.41, 5.74) is 1.84. The fraction of sp³-hybridized carbons (Fsp3) is 0.600. The van der Waals surface area contributed by atoms with Gasteiger partial charge in [0.15, 0.2) is 0 Å². The van der Waals surface area contributed by atoms with E-state index in [1.54, 1.807) is 14.2 Å². The number of ether oxygens (including phenoxy) is 4. The Hall–Kier alpha value is -1.40. The molecule has 1 aromatic rings. The Labute approximate surface area is 151 Å². The van der Waals surface area contributed by atoms with Gasteiger partial charge in [-0.25, -0.2) is 0 Å². The molecule has 0 spiro atoms. The van der Waals surface area contributed by atoms with Crippen molar-refractivity contribution in [3.05, 3.63) is 42.0 Å². The van der Waals surface area contributed by atoms with Crippen LogP contribution in [0.3, 0.4) is 0 Å². The lowest BCUT2D eigenvalue weighted by molar-refractivity contribution is -0.127. The Morgan fingerprint density at radius 2 is 1.76 bits per heavy atom. The van der Waals surface area contributed by atoms with E-state index < -0.39 is 6.10 Å². The Morgan fingerprint density at radius 3 is 2.28 bits per heavy atom. The maximum atomic E-state index is 10.4. The van der Waals surface area contributed by atoms with Crippen molar-refractivity contribution in [2.75, 3.05) is 34.2 Å². The zero-order valence-corrected chi connectivity index (χ0v) is 16.0. The predicted octanol–water partition coefficient (Wildman–Crippen LogP) is 3.38. The summed E-state index contributed by atoms with van der Waals surface area (Å²) in [6.07, 6.45) is -0.854. The smallest absolute Gasteiger partial charge is 0.147 e. The lowest BCUT2D eigenvalue weighted by Gasteiger charge is -2.33. The number of aliphatic hydroxyl groups is 1. The van der Waals surface area contributed by atoms with Crippen molar-refractivity contribution in [2.24, 2.45) is 5.92 Å². The zero-order valence-electron chi connectivity index (χ0n) is 16.0. The number of methoxy groups -OCH3 is 2. The number of rotatable bonds is 12. The van der Waals surface area contributed by atoms with E-state index in [4.69, 9.17) is 18.9 Å². The first-order valence-electron chi connectivity index (χ1n) is 8.58. The summed E-state index contributed by atoms with van der Waals surface area (Å²) in [6.45, 7) is 10.9. The van der Waals surface area contributed by atoms with E-state index in [-0.39, 0.29) is 24.7 Å². The topological polar surface area (TPSA) is 57.2 Å². The van der Waals surface area contributed by atoms with Gasteiger partial charge in [-0.3, -0.25) is 0 Å². The van der Waals surface area contributed by atoms with Gasteiger partial charge in [-0.05, 0) is 24.6 Å². The van der Waals surface area contributed by atoms with E-state index in [2.05, 4.69) is 13.5 Å². The van der Waals surface area contributed by atoms with Crippen molar-refractivity contribution in [2.45, 2.75) is 38.9 Å². The maximum Gasteiger partial charge on any atom is 0.147 e. The Morgan fingerprint density at radius 1 is 1.12 bits per heavy atom. The van der Waals surface area contributed by atoms with Crippen LogP contribution in [0.5, 0.6) is 5.75 Å². The van der Waals surface area contributed by atoms with Gasteiger partial charge in [0.05, 0.1) is 32.5 Å². The van der Waals surface area contributed by atoms with E-state index in [9.17, 15) is 5.11 Å². The summed E-state index contributed by atoms with van der Waals surface area (Å²) in [4.78, 5) is 0. The van der Waals surface area contributed by atoms with Gasteiger partial charge in [-0.2, -0.15) is 0 Å². The van der Waals surface area contributed by atoms with Gasteiger partial charge in [-0.15, -0.1) is 0 Å². The molecule has 0 radical (unpaired) electrons. The van der Waals surface area contributed by atoms with Crippen LogP contribution in [0.1, 0.15) is 32.3 Å². The SMILES string of the molecule is C=C(C)[C@H](O)[C@@H](C)[C@H](OCOCCOC)[C@@H](C)c1ccc(OC)cc1. The van der Waals surface area contributed by atoms with Crippen molar-refractivity contribution >= 4 is 0 Å². The van der Waals surface area contributed by atoms with Crippen LogP contribution in [0.15, 0.2) is 36.4 Å². The summed E-state index contributed by atoms with van der Waals surface area (Å²) in [5, 5.41) is 10.4. The third kappa shape index (κ3) is 6.78. The fourth-order valence-electron chi connectivity index (χ4n) is 2.80. The van der Waals surface area contributed by atoms with E-state index in [0.29, 0.717) is 13.2 Å². The van der Waals surface area contributed by atoms with Gasteiger partial charge in [0.25, 0.3) is 0 Å². The maximum absolute atomic E-state index is 10.4. The van der Waals surface area contributed by atoms with Gasteiger partial charge in [0, 0.05) is 18.9 Å². The monoisotopic (exact) mass is 352 g/mol. The number of aliphatic hydroxyl groups excluding tert-OH is 1. The zero-order chi connectivity index (χ0) is 18.8. The normalized spacial score (nSPS) is 16.1. The first kappa shape index (κ1) is 21.6. The molecule has 0 aromatic heterocycles. The molecule has 142 valence electrons. The fourth-order valence-corrected chi connectivity index (χ4v) is 2.80. The second-order valence-corrected chi connectivity index (χ2v) is 6.36. The van der Waals surface area contributed by atoms with Crippen LogP contribution in [0.4, 0.5) is 0 Å². The highest BCUT2D eigenvalue weighted by Crippen LogP contribution is 2.31. The third-order valence-corrected chi connectivity index (χ3v) is 4.43. The molecule has 25 heavy (non-hydrogen) atoms. The molecule has 0 heterocycles. The molecule has 0 aliphatic heterocycles. The van der Waals surface area contributed by atoms with Crippen LogP contribution < -0.4 is 4.74 Å². The molecule has 0 bridgehead atoms. The minimum atomic E-state index is -0.635. The predicted molar refractivity (Wildman–Crippen MR) is 99.0 cm³/mol. The molecule has 1 rings (SSSR count). The van der Waals surface area contributed by atoms with Gasteiger partial charge >= 0.3 is 0 Å². The molecular weight excluding hydrogens is 320 g/mol. The molecule has 0 fully saturated rings. The van der Waals surface area contributed by atoms with Gasteiger partial charge in [0.2, 0.25) is 0 Å². The molecule has 4 atom stereocenters. The van der Waals surface area contributed by atoms with E-state index >= 15 is 0 Å². The van der Waals surface area contributed by atoms with Crippen LogP contribution in [0, 0.1) is 5.92 Å². The average molecular weight is 352 g/mol. The van der Waals surface area contributed by atoms with Crippen LogP contribution in [-0.4, -0.2) is 51.5 Å². The standard InChI is InChI=1S/C20H32O5/c1-14(2)19(21)16(4)20(25-13-24-12-11-22-5)15(3)17-7-9-18(23-6)10-8-17/h7-10,15-16,19-21H,1,11-13H2,2-6H3/t15-,16+,19-,20+/m0/s1. The highest BCUT2D eigenvalue weighted by Gasteiger charge is 2.31. The molecule has 1 aromatic carbocycles. The molecule has 0 unspecified atom stereocenters. The Kier molecular flexibility index (Phi) is 9.75. The summed E-state index contributed by atoms with van der Waals surface area (Å²) in [6, 6.07) is 7.90. The Balaban J connectivity index is 2.84. The number of hydrogen-bond acceptors (Lipinski definition) is 5. The quantitative estimate of drug-likeness (QED) is 0.355. The van der Waals surface area contributed by atoms with Gasteiger partial charge in [-0.1, -0.05) is 38.1 Å². The first-order valence-corrected chi connectivity index (χ1v) is 8.58. The van der Waals surface area contributed by atoms with Crippen molar-refractivity contribution in [3.63, 3.8) is 0 Å². The van der Waals surface area contributed by atoms with Crippen LogP contribution in [0.25, 0.3) is 0 Å². The average Bonchev–Trinajstić information content (AvgIpc) is 2.63. The highest BCUT2D eigenvalue weighted by molar-refractivity contribution is 5.30. The van der Waals surface area contributed by atoms with Crippen LogP contribution >= 0.6 is 0 Å². The number of benzene rings is 1. The lowest BCUT2D eigenvalue weighted by atomic mass is 9.83. The molecule has 0 saturated heterocycles. The third-order valence-electron chi connectivity index (χ3n) is 4.43. The molecule has 5 nitrogen and oxygen atoms in total. The summed E-state index contributed by atoms with van der Waals surface area (Å²) >= 11 is 0. The number of hydrogen-bond donors (Lipinski definition) is 1. The molecule has 1 N–H and O–H groups in total. The second-order valence-electron chi connectivity index (χ2n) is 6.36. The van der Waals surface area contributed by atoms with Crippen LogP contribution in [-0.2, 0) is 14.2 Å².